The minimum atomic E-state index is -0.234. The zero-order valence-corrected chi connectivity index (χ0v) is 41.7. The van der Waals surface area contributed by atoms with Crippen molar-refractivity contribution in [1.29, 1.82) is 0 Å². The van der Waals surface area contributed by atoms with E-state index in [1.807, 2.05) is 84.9 Å². The summed E-state index contributed by atoms with van der Waals surface area (Å²) in [5, 5.41) is 27.0. The molecule has 2 amide bonds. The number of amides is 2. The predicted octanol–water partition coefficient (Wildman–Crippen LogP) is 12.2. The van der Waals surface area contributed by atoms with Crippen LogP contribution in [0.25, 0.3) is 0 Å². The van der Waals surface area contributed by atoms with Crippen molar-refractivity contribution in [3.05, 3.63) is 183 Å². The quantitative estimate of drug-likeness (QED) is 0.0642. The molecular formula is C51H50Br4N2O6. The SMILES string of the molecule is CC(C)c1cc(Cc2c(Br)cc(OCC(=O)NCc3ccc(CC(C)c4cc(Cc5c(Br)cc(OCC(=O)NCCc6ccccc6)cc5Br)ccc4O)cc3)cc2Br)ccc1O. The summed E-state index contributed by atoms with van der Waals surface area (Å²) in [6.07, 6.45) is 2.73. The molecule has 0 saturated heterocycles. The fraction of sp³-hybridized carbons (Fsp3) is 0.255. The van der Waals surface area contributed by atoms with Crippen LogP contribution in [0.5, 0.6) is 23.0 Å². The third-order valence-electron chi connectivity index (χ3n) is 10.7. The van der Waals surface area contributed by atoms with Crippen molar-refractivity contribution in [2.45, 2.75) is 64.8 Å². The third kappa shape index (κ3) is 13.9. The van der Waals surface area contributed by atoms with Gasteiger partial charge in [0.25, 0.3) is 11.8 Å². The van der Waals surface area contributed by atoms with Gasteiger partial charge in [-0.25, -0.2) is 0 Å². The summed E-state index contributed by atoms with van der Waals surface area (Å²) in [6.45, 7) is 6.90. The van der Waals surface area contributed by atoms with Gasteiger partial charge in [0.05, 0.1) is 0 Å². The third-order valence-corrected chi connectivity index (χ3v) is 13.5. The van der Waals surface area contributed by atoms with E-state index in [9.17, 15) is 19.8 Å². The molecule has 0 aliphatic heterocycles. The molecule has 0 spiro atoms. The lowest BCUT2D eigenvalue weighted by molar-refractivity contribution is -0.123. The van der Waals surface area contributed by atoms with Gasteiger partial charge in [0.15, 0.2) is 13.2 Å². The molecule has 12 heteroatoms. The second-order valence-electron chi connectivity index (χ2n) is 15.9. The number of hydrogen-bond donors (Lipinski definition) is 4. The fourth-order valence-corrected chi connectivity index (χ4v) is 10.1. The predicted molar refractivity (Wildman–Crippen MR) is 264 cm³/mol. The lowest BCUT2D eigenvalue weighted by Gasteiger charge is -2.17. The Morgan fingerprint density at radius 2 is 1.02 bits per heavy atom. The lowest BCUT2D eigenvalue weighted by Crippen LogP contribution is -2.30. The van der Waals surface area contributed by atoms with Crippen LogP contribution in [0.1, 0.15) is 82.7 Å². The van der Waals surface area contributed by atoms with Gasteiger partial charge in [-0.1, -0.05) is 163 Å². The molecule has 328 valence electrons. The molecule has 0 aliphatic rings. The van der Waals surface area contributed by atoms with Crippen molar-refractivity contribution in [2.75, 3.05) is 19.8 Å². The Morgan fingerprint density at radius 3 is 1.54 bits per heavy atom. The summed E-state index contributed by atoms with van der Waals surface area (Å²) in [4.78, 5) is 25.2. The van der Waals surface area contributed by atoms with Gasteiger partial charge in [-0.05, 0) is 124 Å². The summed E-state index contributed by atoms with van der Waals surface area (Å²) >= 11 is 14.7. The Labute approximate surface area is 403 Å². The standard InChI is InChI=1S/C51H50Br4N2O6/c1-31(2)40-20-36(13-15-48(40)58)22-42-44(52)26-39(27-45(42)53)63-30-51(61)57-28-35-11-9-34(10-12-35)19-32(3)41-21-37(14-16-49(41)59)23-43-46(54)24-38(25-47(43)55)62-29-50(60)56-18-17-33-7-5-4-6-8-33/h4-16,20-21,24-27,31-32,58-59H,17-19,22-23,28-30H2,1-3H3,(H,56,60)(H,57,61). The number of hydrogen-bond acceptors (Lipinski definition) is 6. The minimum absolute atomic E-state index is 0.0360. The number of aromatic hydroxyl groups is 2. The Hall–Kier alpha value is -4.62. The van der Waals surface area contributed by atoms with Crippen LogP contribution in [0.4, 0.5) is 0 Å². The molecule has 6 rings (SSSR count). The summed E-state index contributed by atoms with van der Waals surface area (Å²) < 4.78 is 15.1. The van der Waals surface area contributed by atoms with Gasteiger partial charge >= 0.3 is 0 Å². The van der Waals surface area contributed by atoms with Crippen LogP contribution in [0.15, 0.2) is 133 Å². The van der Waals surface area contributed by atoms with Crippen molar-refractivity contribution in [1.82, 2.24) is 10.6 Å². The van der Waals surface area contributed by atoms with E-state index in [-0.39, 0.29) is 42.6 Å². The van der Waals surface area contributed by atoms with E-state index >= 15 is 0 Å². The van der Waals surface area contributed by atoms with Crippen molar-refractivity contribution in [3.8, 4) is 23.0 Å². The van der Waals surface area contributed by atoms with Crippen LogP contribution in [0, 0.1) is 0 Å². The van der Waals surface area contributed by atoms with Crippen LogP contribution in [0.3, 0.4) is 0 Å². The van der Waals surface area contributed by atoms with E-state index in [0.29, 0.717) is 49.6 Å². The summed E-state index contributed by atoms with van der Waals surface area (Å²) in [5.74, 6) is 1.52. The van der Waals surface area contributed by atoms with Crippen molar-refractivity contribution < 1.29 is 29.3 Å². The van der Waals surface area contributed by atoms with Crippen LogP contribution < -0.4 is 20.1 Å². The van der Waals surface area contributed by atoms with Crippen LogP contribution in [-0.2, 0) is 41.8 Å². The van der Waals surface area contributed by atoms with E-state index in [1.54, 1.807) is 12.1 Å². The molecular weight excluding hydrogens is 1060 g/mol. The summed E-state index contributed by atoms with van der Waals surface area (Å²) in [7, 11) is 0. The Balaban J connectivity index is 0.959. The zero-order valence-electron chi connectivity index (χ0n) is 35.3. The molecule has 0 radical (unpaired) electrons. The summed E-state index contributed by atoms with van der Waals surface area (Å²) in [5.41, 5.74) is 9.20. The first-order valence-electron chi connectivity index (χ1n) is 20.7. The maximum Gasteiger partial charge on any atom is 0.258 e. The van der Waals surface area contributed by atoms with Crippen molar-refractivity contribution >= 4 is 75.5 Å². The number of rotatable bonds is 19. The van der Waals surface area contributed by atoms with Crippen LogP contribution in [-0.4, -0.2) is 41.8 Å². The number of halogens is 4. The highest BCUT2D eigenvalue weighted by atomic mass is 79.9. The second-order valence-corrected chi connectivity index (χ2v) is 19.3. The number of benzene rings is 6. The number of phenols is 2. The molecule has 0 bridgehead atoms. The van der Waals surface area contributed by atoms with E-state index < -0.39 is 0 Å². The number of carbonyl (C=O) groups excluding carboxylic acids is 2. The van der Waals surface area contributed by atoms with Gasteiger partial charge in [0.2, 0.25) is 0 Å². The average Bonchev–Trinajstić information content (AvgIpc) is 3.25. The normalized spacial score (nSPS) is 11.6. The molecule has 1 unspecified atom stereocenters. The van der Waals surface area contributed by atoms with Crippen LogP contribution in [0.2, 0.25) is 0 Å². The molecule has 0 aromatic heterocycles. The highest BCUT2D eigenvalue weighted by molar-refractivity contribution is 9.11. The van der Waals surface area contributed by atoms with Gasteiger partial charge in [0.1, 0.15) is 23.0 Å². The van der Waals surface area contributed by atoms with Gasteiger partial charge in [-0.2, -0.15) is 0 Å². The van der Waals surface area contributed by atoms with E-state index in [0.717, 1.165) is 74.4 Å². The highest BCUT2D eigenvalue weighted by Gasteiger charge is 2.17. The maximum atomic E-state index is 12.8. The number of phenolic OH excluding ortho intramolecular Hbond substituents is 2. The lowest BCUT2D eigenvalue weighted by atomic mass is 9.90. The first-order valence-corrected chi connectivity index (χ1v) is 23.9. The van der Waals surface area contributed by atoms with Crippen LogP contribution >= 0.6 is 63.7 Å². The Kier molecular flexibility index (Phi) is 17.3. The van der Waals surface area contributed by atoms with Crippen molar-refractivity contribution in [2.24, 2.45) is 0 Å². The van der Waals surface area contributed by atoms with E-state index in [1.165, 1.54) is 0 Å². The largest absolute Gasteiger partial charge is 0.508 e. The van der Waals surface area contributed by atoms with Gasteiger partial charge in [0, 0.05) is 31.0 Å². The van der Waals surface area contributed by atoms with Crippen molar-refractivity contribution in [3.63, 3.8) is 0 Å². The molecule has 8 nitrogen and oxygen atoms in total. The number of carbonyl (C=O) groups is 2. The molecule has 0 aliphatic carbocycles. The second kappa shape index (κ2) is 22.8. The minimum Gasteiger partial charge on any atom is -0.508 e. The Morgan fingerprint density at radius 1 is 0.556 bits per heavy atom. The number of nitrogens with one attached hydrogen (secondary N) is 2. The molecule has 6 aromatic carbocycles. The first kappa shape index (κ1) is 47.8. The topological polar surface area (TPSA) is 117 Å². The maximum absolute atomic E-state index is 12.8. The molecule has 4 N–H and O–H groups in total. The smallest absolute Gasteiger partial charge is 0.258 e. The average molecular weight is 1110 g/mol. The van der Waals surface area contributed by atoms with Gasteiger partial charge in [-0.3, -0.25) is 9.59 Å². The molecule has 0 saturated carbocycles. The van der Waals surface area contributed by atoms with E-state index in [2.05, 4.69) is 113 Å². The molecule has 0 fully saturated rings. The fourth-order valence-electron chi connectivity index (χ4n) is 7.21. The summed E-state index contributed by atoms with van der Waals surface area (Å²) in [6, 6.07) is 37.0. The molecule has 63 heavy (non-hydrogen) atoms. The highest BCUT2D eigenvalue weighted by Crippen LogP contribution is 2.36. The molecule has 1 atom stereocenters. The first-order chi connectivity index (χ1) is 30.2. The monoisotopic (exact) mass is 1100 g/mol. The van der Waals surface area contributed by atoms with Gasteiger partial charge in [-0.15, -0.1) is 0 Å². The zero-order chi connectivity index (χ0) is 45.0. The Bertz CT molecular complexity index is 2490. The molecule has 6 aromatic rings. The van der Waals surface area contributed by atoms with E-state index in [4.69, 9.17) is 9.47 Å². The number of ether oxygens (including phenoxy) is 2. The molecule has 0 heterocycles. The van der Waals surface area contributed by atoms with Gasteiger partial charge < -0.3 is 30.3 Å².